The van der Waals surface area contributed by atoms with Crippen LogP contribution in [0.2, 0.25) is 0 Å². The molecule has 1 fully saturated rings. The second kappa shape index (κ2) is 8.77. The van der Waals surface area contributed by atoms with Crippen LogP contribution >= 0.6 is 0 Å². The second-order valence-corrected chi connectivity index (χ2v) is 7.21. The van der Waals surface area contributed by atoms with E-state index >= 15 is 0 Å². The number of likely N-dealkylation sites (tertiary alicyclic amines) is 1. The number of pyridine rings is 1. The highest BCUT2D eigenvalue weighted by atomic mass is 16.5. The Kier molecular flexibility index (Phi) is 5.75. The molecule has 28 heavy (non-hydrogen) atoms. The van der Waals surface area contributed by atoms with Crippen molar-refractivity contribution in [3.8, 4) is 11.4 Å². The summed E-state index contributed by atoms with van der Waals surface area (Å²) < 4.78 is 7.39. The molecule has 146 valence electrons. The van der Waals surface area contributed by atoms with Crippen LogP contribution in [0, 0.1) is 5.92 Å². The van der Waals surface area contributed by atoms with Gasteiger partial charge in [0.25, 0.3) is 0 Å². The largest absolute Gasteiger partial charge is 0.342 e. The van der Waals surface area contributed by atoms with Gasteiger partial charge in [-0.1, -0.05) is 5.16 Å². The minimum absolute atomic E-state index is 0.210. The summed E-state index contributed by atoms with van der Waals surface area (Å²) in [5, 5.41) is 3.99. The smallest absolute Gasteiger partial charge is 0.226 e. The van der Waals surface area contributed by atoms with Crippen molar-refractivity contribution in [2.24, 2.45) is 5.92 Å². The number of carbonyl (C=O) groups is 1. The van der Waals surface area contributed by atoms with Crippen LogP contribution in [-0.4, -0.2) is 48.6 Å². The Balaban J connectivity index is 1.24. The van der Waals surface area contributed by atoms with Crippen molar-refractivity contribution in [3.05, 3.63) is 49.1 Å². The summed E-state index contributed by atoms with van der Waals surface area (Å²) in [5.41, 5.74) is 0.825. The Hall–Kier alpha value is -3.03. The molecule has 0 N–H and O–H groups in total. The van der Waals surface area contributed by atoms with E-state index in [2.05, 4.69) is 24.7 Å². The minimum atomic E-state index is 0.210. The Morgan fingerprint density at radius 2 is 2.25 bits per heavy atom. The molecule has 0 saturated carbocycles. The van der Waals surface area contributed by atoms with Crippen molar-refractivity contribution in [3.63, 3.8) is 0 Å². The first kappa shape index (κ1) is 18.3. The number of hydrogen-bond acceptors (Lipinski definition) is 6. The number of aromatic nitrogens is 5. The van der Waals surface area contributed by atoms with E-state index in [4.69, 9.17) is 4.52 Å². The monoisotopic (exact) mass is 380 g/mol. The molecule has 3 aromatic heterocycles. The summed E-state index contributed by atoms with van der Waals surface area (Å²) in [7, 11) is 0. The van der Waals surface area contributed by atoms with Crippen LogP contribution in [0.15, 0.2) is 47.8 Å². The highest BCUT2D eigenvalue weighted by molar-refractivity contribution is 5.76. The number of imidazole rings is 1. The molecule has 0 aromatic carbocycles. The lowest BCUT2D eigenvalue weighted by Gasteiger charge is -2.33. The first-order valence-electron chi connectivity index (χ1n) is 9.74. The average Bonchev–Trinajstić information content (AvgIpc) is 3.41. The van der Waals surface area contributed by atoms with Crippen LogP contribution in [0.1, 0.15) is 31.6 Å². The van der Waals surface area contributed by atoms with Gasteiger partial charge >= 0.3 is 0 Å². The van der Waals surface area contributed by atoms with Crippen molar-refractivity contribution >= 4 is 5.91 Å². The number of piperidine rings is 1. The molecule has 1 aliphatic rings. The van der Waals surface area contributed by atoms with Gasteiger partial charge in [-0.3, -0.25) is 9.78 Å². The molecule has 4 heterocycles. The first-order chi connectivity index (χ1) is 13.8. The normalized spacial score (nSPS) is 17.0. The maximum Gasteiger partial charge on any atom is 0.226 e. The molecule has 0 aliphatic carbocycles. The van der Waals surface area contributed by atoms with Gasteiger partial charge in [-0.25, -0.2) is 4.98 Å². The van der Waals surface area contributed by atoms with Gasteiger partial charge in [0.15, 0.2) is 0 Å². The molecule has 1 aliphatic heterocycles. The molecule has 0 unspecified atom stereocenters. The molecule has 8 heteroatoms. The van der Waals surface area contributed by atoms with Crippen LogP contribution in [-0.2, 0) is 17.8 Å². The van der Waals surface area contributed by atoms with Crippen LogP contribution in [0.25, 0.3) is 11.4 Å². The molecule has 4 rings (SSSR count). The van der Waals surface area contributed by atoms with Crippen molar-refractivity contribution in [2.75, 3.05) is 13.1 Å². The Morgan fingerprint density at radius 3 is 3.07 bits per heavy atom. The predicted octanol–water partition coefficient (Wildman–Crippen LogP) is 2.59. The lowest BCUT2D eigenvalue weighted by molar-refractivity contribution is -0.133. The van der Waals surface area contributed by atoms with E-state index in [0.717, 1.165) is 38.0 Å². The summed E-state index contributed by atoms with van der Waals surface area (Å²) >= 11 is 0. The SMILES string of the molecule is O=C(CCCc1nc(-c2cccnc2)no1)N1CCC[C@@H](Cn2ccnc2)C1. The van der Waals surface area contributed by atoms with E-state index < -0.39 is 0 Å². The molecule has 1 amide bonds. The number of aryl methyl sites for hydroxylation is 1. The van der Waals surface area contributed by atoms with Crippen LogP contribution < -0.4 is 0 Å². The van der Waals surface area contributed by atoms with Gasteiger partial charge < -0.3 is 14.0 Å². The van der Waals surface area contributed by atoms with E-state index in [1.54, 1.807) is 18.6 Å². The quantitative estimate of drug-likeness (QED) is 0.626. The molecule has 0 radical (unpaired) electrons. The van der Waals surface area contributed by atoms with Gasteiger partial charge in [-0.05, 0) is 37.3 Å². The van der Waals surface area contributed by atoms with Crippen molar-refractivity contribution < 1.29 is 9.32 Å². The Labute approximate surface area is 163 Å². The third-order valence-corrected chi connectivity index (χ3v) is 5.07. The summed E-state index contributed by atoms with van der Waals surface area (Å²) in [6.45, 7) is 2.59. The van der Waals surface area contributed by atoms with Crippen molar-refractivity contribution in [2.45, 2.75) is 38.6 Å². The number of carbonyl (C=O) groups excluding carboxylic acids is 1. The molecule has 1 saturated heterocycles. The maximum atomic E-state index is 12.6. The summed E-state index contributed by atoms with van der Waals surface area (Å²) in [5.74, 6) is 1.79. The Morgan fingerprint density at radius 1 is 1.29 bits per heavy atom. The fourth-order valence-corrected chi connectivity index (χ4v) is 3.65. The summed E-state index contributed by atoms with van der Waals surface area (Å²) in [6.07, 6.45) is 13.0. The lowest BCUT2D eigenvalue weighted by atomic mass is 9.97. The molecule has 8 nitrogen and oxygen atoms in total. The zero-order valence-electron chi connectivity index (χ0n) is 15.8. The standard InChI is InChI=1S/C20H24N6O2/c27-19(26-10-3-4-16(14-26)13-25-11-9-22-15-25)7-1-6-18-23-20(24-28-18)17-5-2-8-21-12-17/h2,5,8-9,11-12,15-16H,1,3-4,6-7,10,13-14H2/t16-/m0/s1. The van der Waals surface area contributed by atoms with Gasteiger partial charge in [-0.2, -0.15) is 4.98 Å². The molecule has 0 bridgehead atoms. The van der Waals surface area contributed by atoms with Crippen LogP contribution in [0.3, 0.4) is 0 Å². The topological polar surface area (TPSA) is 89.9 Å². The highest BCUT2D eigenvalue weighted by Crippen LogP contribution is 2.20. The third-order valence-electron chi connectivity index (χ3n) is 5.07. The van der Waals surface area contributed by atoms with Crippen LogP contribution in [0.4, 0.5) is 0 Å². The molecular formula is C20H24N6O2. The zero-order valence-corrected chi connectivity index (χ0v) is 15.8. The van der Waals surface area contributed by atoms with Gasteiger partial charge in [-0.15, -0.1) is 0 Å². The summed E-state index contributed by atoms with van der Waals surface area (Å²) in [6, 6.07) is 3.73. The zero-order chi connectivity index (χ0) is 19.2. The van der Waals surface area contributed by atoms with E-state index in [0.29, 0.717) is 36.9 Å². The fraction of sp³-hybridized carbons (Fsp3) is 0.450. The third kappa shape index (κ3) is 4.62. The molecule has 3 aromatic rings. The predicted molar refractivity (Wildman–Crippen MR) is 102 cm³/mol. The van der Waals surface area contributed by atoms with E-state index in [9.17, 15) is 4.79 Å². The van der Waals surface area contributed by atoms with E-state index in [1.165, 1.54) is 0 Å². The number of rotatable bonds is 7. The first-order valence-corrected chi connectivity index (χ1v) is 9.74. The van der Waals surface area contributed by atoms with Crippen molar-refractivity contribution in [1.82, 2.24) is 29.6 Å². The van der Waals surface area contributed by atoms with Gasteiger partial charge in [0.2, 0.25) is 17.6 Å². The minimum Gasteiger partial charge on any atom is -0.342 e. The maximum absolute atomic E-state index is 12.6. The molecule has 1 atom stereocenters. The lowest BCUT2D eigenvalue weighted by Crippen LogP contribution is -2.41. The van der Waals surface area contributed by atoms with E-state index in [-0.39, 0.29) is 5.91 Å². The molecular weight excluding hydrogens is 356 g/mol. The van der Waals surface area contributed by atoms with Gasteiger partial charge in [0.05, 0.1) is 6.33 Å². The van der Waals surface area contributed by atoms with Gasteiger partial charge in [0, 0.05) is 62.8 Å². The molecule has 0 spiro atoms. The fourth-order valence-electron chi connectivity index (χ4n) is 3.65. The number of amides is 1. The highest BCUT2D eigenvalue weighted by Gasteiger charge is 2.23. The second-order valence-electron chi connectivity index (χ2n) is 7.21. The number of hydrogen-bond donors (Lipinski definition) is 0. The number of nitrogens with zero attached hydrogens (tertiary/aromatic N) is 6. The van der Waals surface area contributed by atoms with Crippen LogP contribution in [0.5, 0.6) is 0 Å². The Bertz CT molecular complexity index is 877. The van der Waals surface area contributed by atoms with Gasteiger partial charge in [0.1, 0.15) is 0 Å². The van der Waals surface area contributed by atoms with E-state index in [1.807, 2.05) is 29.6 Å². The summed E-state index contributed by atoms with van der Waals surface area (Å²) in [4.78, 5) is 27.1. The average molecular weight is 380 g/mol. The van der Waals surface area contributed by atoms with Crippen molar-refractivity contribution in [1.29, 1.82) is 0 Å².